The fraction of sp³-hybridized carbons (Fsp3) is 0.382. The number of carbonyl (C=O) groups excluding carboxylic acids is 2. The number of ether oxygens (including phenoxy) is 7. The number of benzene rings is 5. The van der Waals surface area contributed by atoms with Gasteiger partial charge in [0.2, 0.25) is 0 Å². The number of rotatable bonds is 22. The van der Waals surface area contributed by atoms with E-state index in [0.717, 1.165) is 34.4 Å². The van der Waals surface area contributed by atoms with E-state index >= 15 is 0 Å². The highest BCUT2D eigenvalue weighted by Crippen LogP contribution is 2.41. The van der Waals surface area contributed by atoms with E-state index in [9.17, 15) is 19.5 Å². The number of anilines is 2. The minimum absolute atomic E-state index is 0.00187. The molecule has 4 heterocycles. The van der Waals surface area contributed by atoms with Gasteiger partial charge in [-0.15, -0.1) is 0 Å². The summed E-state index contributed by atoms with van der Waals surface area (Å²) in [7, 11) is 4.73. The summed E-state index contributed by atoms with van der Waals surface area (Å²) in [6.07, 6.45) is 3.68. The molecule has 5 aromatic rings. The smallest absolute Gasteiger partial charge is 0.303 e. The summed E-state index contributed by atoms with van der Waals surface area (Å²) in [5.74, 6) is 0.624. The number of methoxy groups -OCH3 is 3. The number of amides is 2. The van der Waals surface area contributed by atoms with Crippen molar-refractivity contribution in [2.45, 2.75) is 64.1 Å². The van der Waals surface area contributed by atoms with E-state index in [1.165, 1.54) is 11.1 Å². The molecule has 372 valence electrons. The number of aliphatic carboxylic acids is 1. The lowest BCUT2D eigenvalue weighted by Gasteiger charge is -2.35. The second-order valence-corrected chi connectivity index (χ2v) is 18.0. The quantitative estimate of drug-likeness (QED) is 0.0655. The third kappa shape index (κ3) is 11.4. The molecular formula is C55H61N5O11. The minimum Gasteiger partial charge on any atom is -0.493 e. The number of nitrogens with one attached hydrogen (secondary N) is 1. The van der Waals surface area contributed by atoms with Gasteiger partial charge in [-0.2, -0.15) is 0 Å². The van der Waals surface area contributed by atoms with Gasteiger partial charge in [0.1, 0.15) is 13.2 Å². The largest absolute Gasteiger partial charge is 0.493 e. The molecule has 16 nitrogen and oxygen atoms in total. The predicted octanol–water partition coefficient (Wildman–Crippen LogP) is 7.49. The van der Waals surface area contributed by atoms with Crippen LogP contribution in [-0.4, -0.2) is 125 Å². The van der Waals surface area contributed by atoms with Gasteiger partial charge in [-0.25, -0.2) is 0 Å². The first-order valence-electron chi connectivity index (χ1n) is 24.2. The van der Waals surface area contributed by atoms with E-state index in [1.807, 2.05) is 64.5 Å². The molecule has 2 atom stereocenters. The summed E-state index contributed by atoms with van der Waals surface area (Å²) < 4.78 is 41.4. The molecule has 16 heteroatoms. The monoisotopic (exact) mass is 967 g/mol. The fourth-order valence-electron chi connectivity index (χ4n) is 9.71. The molecule has 0 saturated carbocycles. The zero-order valence-corrected chi connectivity index (χ0v) is 40.5. The highest BCUT2D eigenvalue weighted by Gasteiger charge is 2.36. The molecule has 0 aliphatic carbocycles. The van der Waals surface area contributed by atoms with Crippen LogP contribution in [-0.2, 0) is 58.2 Å². The lowest BCUT2D eigenvalue weighted by atomic mass is 9.94. The lowest BCUT2D eigenvalue weighted by Crippen LogP contribution is -2.45. The van der Waals surface area contributed by atoms with Gasteiger partial charge >= 0.3 is 5.97 Å². The predicted molar refractivity (Wildman–Crippen MR) is 268 cm³/mol. The molecule has 0 aromatic heterocycles. The van der Waals surface area contributed by atoms with Gasteiger partial charge in [0.15, 0.2) is 23.0 Å². The van der Waals surface area contributed by atoms with E-state index in [-0.39, 0.29) is 43.5 Å². The minimum atomic E-state index is -0.876. The summed E-state index contributed by atoms with van der Waals surface area (Å²) >= 11 is 0. The van der Waals surface area contributed by atoms with Crippen molar-refractivity contribution in [1.82, 2.24) is 9.80 Å². The average Bonchev–Trinajstić information content (AvgIpc) is 3.60. The van der Waals surface area contributed by atoms with Crippen molar-refractivity contribution in [1.29, 1.82) is 0 Å². The molecule has 4 aliphatic heterocycles. The number of hydrogen-bond acceptors (Lipinski definition) is 13. The first kappa shape index (κ1) is 48.9. The summed E-state index contributed by atoms with van der Waals surface area (Å²) in [6.45, 7) is 4.88. The Kier molecular flexibility index (Phi) is 15.6. The topological polar surface area (TPSA) is 170 Å². The Hall–Kier alpha value is -7.14. The lowest BCUT2D eigenvalue weighted by molar-refractivity contribution is -0.137. The van der Waals surface area contributed by atoms with E-state index in [1.54, 1.807) is 39.5 Å². The van der Waals surface area contributed by atoms with Crippen LogP contribution >= 0.6 is 0 Å². The van der Waals surface area contributed by atoms with Gasteiger partial charge in [0.05, 0.1) is 81.8 Å². The maximum Gasteiger partial charge on any atom is 0.303 e. The number of fused-ring (bicyclic) bond motifs is 6. The maximum atomic E-state index is 14.1. The summed E-state index contributed by atoms with van der Waals surface area (Å²) in [4.78, 5) is 50.6. The van der Waals surface area contributed by atoms with Crippen molar-refractivity contribution in [3.63, 3.8) is 0 Å². The Balaban J connectivity index is 0.977. The summed E-state index contributed by atoms with van der Waals surface area (Å²) in [5.41, 5.74) is 9.26. The molecule has 2 N–H and O–H groups in total. The molecule has 0 bridgehead atoms. The van der Waals surface area contributed by atoms with Crippen molar-refractivity contribution >= 4 is 41.1 Å². The van der Waals surface area contributed by atoms with Gasteiger partial charge in [-0.3, -0.25) is 19.4 Å². The van der Waals surface area contributed by atoms with Gasteiger partial charge in [0.25, 0.3) is 11.8 Å². The number of hydrogen-bond donors (Lipinski definition) is 2. The highest BCUT2D eigenvalue weighted by atomic mass is 16.5. The molecule has 0 radical (unpaired) electrons. The number of aliphatic imine (C=N–C) groups is 1. The second kappa shape index (κ2) is 22.7. The van der Waals surface area contributed by atoms with Crippen LogP contribution in [0.1, 0.15) is 66.9 Å². The van der Waals surface area contributed by atoms with Crippen LogP contribution in [0.15, 0.2) is 96.0 Å². The van der Waals surface area contributed by atoms with Crippen molar-refractivity contribution in [2.75, 3.05) is 84.2 Å². The Morgan fingerprint density at radius 1 is 0.690 bits per heavy atom. The summed E-state index contributed by atoms with van der Waals surface area (Å²) in [5, 5.41) is 13.1. The molecule has 0 saturated heterocycles. The van der Waals surface area contributed by atoms with E-state index in [2.05, 4.69) is 34.5 Å². The molecular weight excluding hydrogens is 907 g/mol. The van der Waals surface area contributed by atoms with Gasteiger partial charge in [-0.1, -0.05) is 48.5 Å². The van der Waals surface area contributed by atoms with Crippen LogP contribution in [0.5, 0.6) is 23.0 Å². The number of carboxylic acid groups (broad SMARTS) is 1. The zero-order valence-electron chi connectivity index (χ0n) is 40.5. The Labute approximate surface area is 414 Å². The highest BCUT2D eigenvalue weighted by molar-refractivity contribution is 6.04. The standard InChI is InChI=1S/C55H61N5O11/c1-65-17-18-69-20-19-68-16-15-58(14-8-13-53(61)62)42-22-36(34-70-51-28-47-45(26-49(51)66-2)54(63)59-32-40-11-6-4-9-38(40)24-43(59)30-56-47)21-37(23-42)35-71-52-29-48-46(27-50(52)67-3)55(64)60-33-41-12-7-5-10-39(41)25-44(60)31-57-48/h4-7,9-12,21-23,26-30,43-44,57H,8,13-20,24-25,31-35H2,1-3H3,(H,61,62)/t43-,44-/m0/s1. The first-order valence-corrected chi connectivity index (χ1v) is 24.2. The van der Waals surface area contributed by atoms with Crippen molar-refractivity contribution in [3.8, 4) is 23.0 Å². The van der Waals surface area contributed by atoms with Crippen LogP contribution in [0.4, 0.5) is 17.1 Å². The fourth-order valence-corrected chi connectivity index (χ4v) is 9.71. The molecule has 0 spiro atoms. The Morgan fingerprint density at radius 3 is 1.97 bits per heavy atom. The summed E-state index contributed by atoms with van der Waals surface area (Å²) in [6, 6.07) is 29.3. The van der Waals surface area contributed by atoms with Crippen LogP contribution in [0, 0.1) is 0 Å². The first-order chi connectivity index (χ1) is 34.7. The normalized spacial score (nSPS) is 16.5. The van der Waals surface area contributed by atoms with E-state index in [0.29, 0.717) is 124 Å². The van der Waals surface area contributed by atoms with Crippen LogP contribution < -0.4 is 29.2 Å². The van der Waals surface area contributed by atoms with E-state index in [4.69, 9.17) is 38.2 Å². The third-order valence-electron chi connectivity index (χ3n) is 13.4. The number of carbonyl (C=O) groups is 3. The third-order valence-corrected chi connectivity index (χ3v) is 13.4. The molecule has 9 rings (SSSR count). The van der Waals surface area contributed by atoms with E-state index < -0.39 is 5.97 Å². The average molecular weight is 968 g/mol. The second-order valence-electron chi connectivity index (χ2n) is 18.0. The molecule has 0 unspecified atom stereocenters. The molecule has 2 amide bonds. The number of carboxylic acids is 1. The van der Waals surface area contributed by atoms with Crippen molar-refractivity contribution in [2.24, 2.45) is 4.99 Å². The zero-order chi connectivity index (χ0) is 49.3. The van der Waals surface area contributed by atoms with Gasteiger partial charge in [0, 0.05) is 70.3 Å². The molecule has 71 heavy (non-hydrogen) atoms. The maximum absolute atomic E-state index is 14.1. The number of nitrogens with zero attached hydrogens (tertiary/aromatic N) is 4. The Morgan fingerprint density at radius 2 is 1.30 bits per heavy atom. The molecule has 0 fully saturated rings. The Bertz CT molecular complexity index is 2760. The SMILES string of the molecule is COCCOCCOCCN(CCCC(=O)O)c1cc(COc2cc3c(cc2OC)C(=O)N2Cc4ccccc4C[C@H]2C=N3)cc(COc2cc3c(cc2OC)C(=O)N2Cc4ccccc4C[C@H]2CN3)c1. The molecule has 4 aliphatic rings. The van der Waals surface area contributed by atoms with Crippen LogP contribution in [0.25, 0.3) is 0 Å². The van der Waals surface area contributed by atoms with Crippen LogP contribution in [0.2, 0.25) is 0 Å². The van der Waals surface area contributed by atoms with Crippen molar-refractivity contribution in [3.05, 3.63) is 136 Å². The van der Waals surface area contributed by atoms with Crippen molar-refractivity contribution < 1.29 is 52.6 Å². The van der Waals surface area contributed by atoms with Crippen LogP contribution in [0.3, 0.4) is 0 Å². The van der Waals surface area contributed by atoms with Gasteiger partial charge in [-0.05, 0) is 83.0 Å². The van der Waals surface area contributed by atoms with Gasteiger partial charge < -0.3 is 58.3 Å². The molecule has 5 aromatic carbocycles.